The Morgan fingerprint density at radius 1 is 1.47 bits per heavy atom. The van der Waals surface area contributed by atoms with Crippen molar-refractivity contribution in [3.63, 3.8) is 0 Å². The van der Waals surface area contributed by atoms with E-state index in [-0.39, 0.29) is 0 Å². The van der Waals surface area contributed by atoms with Crippen molar-refractivity contribution in [1.29, 1.82) is 5.26 Å². The van der Waals surface area contributed by atoms with Gasteiger partial charge in [0.2, 0.25) is 0 Å². The zero-order valence-corrected chi connectivity index (χ0v) is 10.8. The second-order valence-corrected chi connectivity index (χ2v) is 4.62. The average molecular weight is 247 g/mol. The Bertz CT molecular complexity index is 421. The predicted octanol–water partition coefficient (Wildman–Crippen LogP) is 2.60. The van der Waals surface area contributed by atoms with Crippen molar-refractivity contribution in [1.82, 2.24) is 0 Å². The van der Waals surface area contributed by atoms with E-state index in [1.54, 1.807) is 11.8 Å². The zero-order valence-electron chi connectivity index (χ0n) is 9.94. The summed E-state index contributed by atoms with van der Waals surface area (Å²) < 4.78 is 0. The number of benzene rings is 1. The first kappa shape index (κ1) is 13.6. The summed E-state index contributed by atoms with van der Waals surface area (Å²) in [6, 6.07) is 8.13. The van der Waals surface area contributed by atoms with E-state index in [9.17, 15) is 5.26 Å². The van der Waals surface area contributed by atoms with Crippen LogP contribution in [-0.2, 0) is 0 Å². The molecule has 0 amide bonds. The van der Waals surface area contributed by atoms with Crippen LogP contribution in [0.5, 0.6) is 0 Å². The van der Waals surface area contributed by atoms with E-state index >= 15 is 0 Å². The summed E-state index contributed by atoms with van der Waals surface area (Å²) >= 11 is 1.68. The largest absolute Gasteiger partial charge is 0.380 e. The molecule has 0 aliphatic carbocycles. The fourth-order valence-electron chi connectivity index (χ4n) is 1.42. The van der Waals surface area contributed by atoms with E-state index in [0.717, 1.165) is 21.9 Å². The quantitative estimate of drug-likeness (QED) is 0.599. The first-order valence-electron chi connectivity index (χ1n) is 5.58. The summed E-state index contributed by atoms with van der Waals surface area (Å²) in [6.07, 6.45) is 3.85. The first-order valence-corrected chi connectivity index (χ1v) is 6.56. The predicted molar refractivity (Wildman–Crippen MR) is 74.2 cm³/mol. The molecular formula is C13H17N3S. The lowest BCUT2D eigenvalue weighted by Crippen LogP contribution is -2.02. The summed E-state index contributed by atoms with van der Waals surface area (Å²) in [4.78, 5) is 1.03. The van der Waals surface area contributed by atoms with Gasteiger partial charge in [-0.1, -0.05) is 25.1 Å². The second-order valence-electron chi connectivity index (χ2n) is 3.31. The first-order chi connectivity index (χ1) is 8.33. The van der Waals surface area contributed by atoms with Crippen LogP contribution in [0.3, 0.4) is 0 Å². The van der Waals surface area contributed by atoms with Crippen LogP contribution >= 0.6 is 11.8 Å². The number of hydrogen-bond acceptors (Lipinski definition) is 4. The molecule has 0 bridgehead atoms. The van der Waals surface area contributed by atoms with Crippen LogP contribution in [0.4, 0.5) is 5.69 Å². The number of nitrogens with two attached hydrogens (primary N) is 1. The Kier molecular flexibility index (Phi) is 6.23. The summed E-state index contributed by atoms with van der Waals surface area (Å²) in [5.41, 5.74) is 6.96. The van der Waals surface area contributed by atoms with Gasteiger partial charge < -0.3 is 11.1 Å². The highest BCUT2D eigenvalue weighted by atomic mass is 32.2. The third-order valence-electron chi connectivity index (χ3n) is 2.15. The van der Waals surface area contributed by atoms with Crippen LogP contribution < -0.4 is 11.1 Å². The van der Waals surface area contributed by atoms with Crippen molar-refractivity contribution >= 4 is 17.4 Å². The van der Waals surface area contributed by atoms with Gasteiger partial charge in [-0.05, 0) is 17.9 Å². The smallest absolute Gasteiger partial charge is 0.102 e. The van der Waals surface area contributed by atoms with Gasteiger partial charge in [0.05, 0.1) is 11.3 Å². The summed E-state index contributed by atoms with van der Waals surface area (Å²) in [7, 11) is 0. The maximum atomic E-state index is 9.19. The Labute approximate surface area is 107 Å². The molecule has 4 heteroatoms. The van der Waals surface area contributed by atoms with Crippen LogP contribution in [0, 0.1) is 11.3 Å². The number of anilines is 1. The fraction of sp³-hybridized carbons (Fsp3) is 0.308. The molecule has 1 aromatic carbocycles. The van der Waals surface area contributed by atoms with Gasteiger partial charge in [0.25, 0.3) is 0 Å². The van der Waals surface area contributed by atoms with Gasteiger partial charge in [-0.2, -0.15) is 5.26 Å². The van der Waals surface area contributed by atoms with Gasteiger partial charge in [0, 0.05) is 18.0 Å². The number of rotatable bonds is 6. The molecular weight excluding hydrogens is 230 g/mol. The summed E-state index contributed by atoms with van der Waals surface area (Å²) in [6.45, 7) is 3.31. The number of nitriles is 1. The highest BCUT2D eigenvalue weighted by Gasteiger charge is 2.06. The lowest BCUT2D eigenvalue weighted by atomic mass is 10.2. The molecule has 0 saturated heterocycles. The molecule has 0 unspecified atom stereocenters. The minimum Gasteiger partial charge on any atom is -0.380 e. The molecule has 0 heterocycles. The molecule has 0 aromatic heterocycles. The molecule has 17 heavy (non-hydrogen) atoms. The third-order valence-corrected chi connectivity index (χ3v) is 3.09. The van der Waals surface area contributed by atoms with Gasteiger partial charge in [0.1, 0.15) is 6.07 Å². The summed E-state index contributed by atoms with van der Waals surface area (Å²) in [5.74, 6) is 0.964. The van der Waals surface area contributed by atoms with E-state index < -0.39 is 0 Å². The van der Waals surface area contributed by atoms with Gasteiger partial charge in [-0.3, -0.25) is 0 Å². The van der Waals surface area contributed by atoms with Crippen molar-refractivity contribution in [2.24, 2.45) is 5.73 Å². The molecule has 0 radical (unpaired) electrons. The topological polar surface area (TPSA) is 61.8 Å². The zero-order chi connectivity index (χ0) is 12.5. The SMILES string of the molecule is CCSc1cccc(NC/C=C/CN)c1C#N. The fourth-order valence-corrected chi connectivity index (χ4v) is 2.20. The van der Waals surface area contributed by atoms with Gasteiger partial charge in [-0.15, -0.1) is 11.8 Å². The third kappa shape index (κ3) is 4.14. The van der Waals surface area contributed by atoms with Gasteiger partial charge in [0.15, 0.2) is 0 Å². The van der Waals surface area contributed by atoms with E-state index in [2.05, 4.69) is 18.3 Å². The van der Waals surface area contributed by atoms with Crippen molar-refractivity contribution in [3.8, 4) is 6.07 Å². The lowest BCUT2D eigenvalue weighted by Gasteiger charge is -2.09. The van der Waals surface area contributed by atoms with Crippen LogP contribution in [0.25, 0.3) is 0 Å². The van der Waals surface area contributed by atoms with Crippen molar-refractivity contribution in [2.45, 2.75) is 11.8 Å². The number of hydrogen-bond donors (Lipinski definition) is 2. The van der Waals surface area contributed by atoms with Crippen LogP contribution in [0.1, 0.15) is 12.5 Å². The molecule has 90 valence electrons. The Balaban J connectivity index is 2.81. The van der Waals surface area contributed by atoms with Gasteiger partial charge in [-0.25, -0.2) is 0 Å². The van der Waals surface area contributed by atoms with Crippen LogP contribution in [0.2, 0.25) is 0 Å². The Hall–Kier alpha value is -1.44. The summed E-state index contributed by atoms with van der Waals surface area (Å²) in [5, 5.41) is 12.4. The molecule has 1 aromatic rings. The minimum atomic E-state index is 0.540. The molecule has 0 atom stereocenters. The normalized spacial score (nSPS) is 10.4. The maximum Gasteiger partial charge on any atom is 0.102 e. The Morgan fingerprint density at radius 2 is 2.29 bits per heavy atom. The minimum absolute atomic E-state index is 0.540. The molecule has 3 N–H and O–H groups in total. The number of nitrogens with zero attached hydrogens (tertiary/aromatic N) is 1. The van der Waals surface area contributed by atoms with E-state index in [1.165, 1.54) is 0 Å². The van der Waals surface area contributed by atoms with Crippen molar-refractivity contribution in [2.75, 3.05) is 24.2 Å². The van der Waals surface area contributed by atoms with Gasteiger partial charge >= 0.3 is 0 Å². The molecule has 0 fully saturated rings. The highest BCUT2D eigenvalue weighted by Crippen LogP contribution is 2.27. The van der Waals surface area contributed by atoms with E-state index in [1.807, 2.05) is 30.4 Å². The van der Waals surface area contributed by atoms with E-state index in [0.29, 0.717) is 13.1 Å². The maximum absolute atomic E-state index is 9.19. The van der Waals surface area contributed by atoms with Crippen LogP contribution in [0.15, 0.2) is 35.2 Å². The lowest BCUT2D eigenvalue weighted by molar-refractivity contribution is 1.22. The van der Waals surface area contributed by atoms with Crippen molar-refractivity contribution in [3.05, 3.63) is 35.9 Å². The monoisotopic (exact) mass is 247 g/mol. The average Bonchev–Trinajstić information content (AvgIpc) is 2.35. The molecule has 1 rings (SSSR count). The molecule has 0 aliphatic heterocycles. The van der Waals surface area contributed by atoms with Crippen molar-refractivity contribution < 1.29 is 0 Å². The molecule has 3 nitrogen and oxygen atoms in total. The van der Waals surface area contributed by atoms with E-state index in [4.69, 9.17) is 5.73 Å². The molecule has 0 aliphatic rings. The number of thioether (sulfide) groups is 1. The molecule has 0 saturated carbocycles. The standard InChI is InChI=1S/C13H17N3S/c1-2-17-13-7-5-6-12(11(13)10-15)16-9-4-3-8-14/h3-7,16H,2,8-9,14H2,1H3/b4-3+. The highest BCUT2D eigenvalue weighted by molar-refractivity contribution is 7.99. The number of nitrogens with one attached hydrogen (secondary N) is 1. The Morgan fingerprint density at radius 3 is 2.94 bits per heavy atom. The molecule has 0 spiro atoms. The van der Waals surface area contributed by atoms with Crippen LogP contribution in [-0.4, -0.2) is 18.8 Å². The second kappa shape index (κ2) is 7.77.